The number of aromatic nitrogens is 1. The van der Waals surface area contributed by atoms with Gasteiger partial charge in [-0.25, -0.2) is 4.98 Å². The molecule has 1 aliphatic rings. The molecule has 1 saturated carbocycles. The van der Waals surface area contributed by atoms with Crippen LogP contribution in [0.25, 0.3) is 11.3 Å². The first-order valence-electron chi connectivity index (χ1n) is 7.53. The van der Waals surface area contributed by atoms with Crippen LogP contribution in [0.1, 0.15) is 37.1 Å². The van der Waals surface area contributed by atoms with Crippen molar-refractivity contribution < 1.29 is 4.79 Å². The molecule has 0 aliphatic heterocycles. The van der Waals surface area contributed by atoms with Crippen molar-refractivity contribution in [2.45, 2.75) is 39.0 Å². The number of benzene rings is 1. The minimum Gasteiger partial charge on any atom is -0.326 e. The molecule has 3 rings (SSSR count). The summed E-state index contributed by atoms with van der Waals surface area (Å²) < 4.78 is 0. The Hall–Kier alpha value is -1.68. The normalized spacial score (nSPS) is 15.3. The highest BCUT2D eigenvalue weighted by molar-refractivity contribution is 7.09. The first-order valence-corrected chi connectivity index (χ1v) is 8.41. The van der Waals surface area contributed by atoms with Crippen LogP contribution in [0.4, 0.5) is 5.69 Å². The van der Waals surface area contributed by atoms with Gasteiger partial charge in [-0.15, -0.1) is 11.3 Å². The van der Waals surface area contributed by atoms with E-state index in [0.717, 1.165) is 22.0 Å². The molecule has 110 valence electrons. The number of hydrogen-bond donors (Lipinski definition) is 1. The molecular weight excluding hydrogens is 280 g/mol. The Kier molecular flexibility index (Phi) is 4.34. The Morgan fingerprint density at radius 1 is 1.29 bits per heavy atom. The molecular formula is C17H20N2OS. The second kappa shape index (κ2) is 6.39. The average molecular weight is 300 g/mol. The summed E-state index contributed by atoms with van der Waals surface area (Å²) in [6.45, 7) is 2.01. The number of hydrogen-bond acceptors (Lipinski definition) is 3. The molecule has 2 aromatic rings. The minimum atomic E-state index is 0.138. The molecule has 1 heterocycles. The molecule has 1 aromatic heterocycles. The molecule has 1 aromatic carbocycles. The Labute approximate surface area is 129 Å². The number of thiazole rings is 1. The maximum Gasteiger partial charge on any atom is 0.224 e. The molecule has 1 aliphatic carbocycles. The lowest BCUT2D eigenvalue weighted by molar-refractivity contribution is -0.117. The van der Waals surface area contributed by atoms with Crippen molar-refractivity contribution in [2.24, 2.45) is 5.92 Å². The third-order valence-corrected chi connectivity index (χ3v) is 4.81. The van der Waals surface area contributed by atoms with Crippen molar-refractivity contribution in [3.8, 4) is 11.3 Å². The topological polar surface area (TPSA) is 42.0 Å². The minimum absolute atomic E-state index is 0.138. The summed E-state index contributed by atoms with van der Waals surface area (Å²) in [6, 6.07) is 7.94. The molecule has 0 atom stereocenters. The van der Waals surface area contributed by atoms with Crippen LogP contribution in [-0.4, -0.2) is 10.9 Å². The summed E-state index contributed by atoms with van der Waals surface area (Å²) in [5.74, 6) is 0.724. The quantitative estimate of drug-likeness (QED) is 0.894. The maximum absolute atomic E-state index is 12.0. The van der Waals surface area contributed by atoms with Crippen LogP contribution in [0.15, 0.2) is 29.6 Å². The zero-order valence-corrected chi connectivity index (χ0v) is 13.1. The van der Waals surface area contributed by atoms with Crippen molar-refractivity contribution in [1.82, 2.24) is 4.98 Å². The third kappa shape index (κ3) is 3.70. The van der Waals surface area contributed by atoms with E-state index in [2.05, 4.69) is 15.7 Å². The highest BCUT2D eigenvalue weighted by atomic mass is 32.1. The zero-order chi connectivity index (χ0) is 14.7. The van der Waals surface area contributed by atoms with E-state index < -0.39 is 0 Å². The Balaban J connectivity index is 1.60. The lowest BCUT2D eigenvalue weighted by Crippen LogP contribution is -2.14. The molecule has 0 unspecified atom stereocenters. The van der Waals surface area contributed by atoms with Gasteiger partial charge in [-0.05, 0) is 37.8 Å². The van der Waals surface area contributed by atoms with Gasteiger partial charge in [-0.2, -0.15) is 0 Å². The van der Waals surface area contributed by atoms with E-state index in [1.54, 1.807) is 11.3 Å². The summed E-state index contributed by atoms with van der Waals surface area (Å²) in [6.07, 6.45) is 5.62. The number of nitrogens with zero attached hydrogens (tertiary/aromatic N) is 1. The number of rotatable bonds is 4. The van der Waals surface area contributed by atoms with Crippen LogP contribution < -0.4 is 5.32 Å². The molecule has 1 N–H and O–H groups in total. The second-order valence-corrected chi connectivity index (χ2v) is 6.79. The number of carbonyl (C=O) groups excluding carboxylic acids is 1. The molecule has 0 bridgehead atoms. The first kappa shape index (κ1) is 14.3. The van der Waals surface area contributed by atoms with Gasteiger partial charge in [0, 0.05) is 23.1 Å². The van der Waals surface area contributed by atoms with Gasteiger partial charge in [-0.1, -0.05) is 25.0 Å². The fourth-order valence-electron chi connectivity index (χ4n) is 2.91. The van der Waals surface area contributed by atoms with E-state index in [9.17, 15) is 4.79 Å². The number of aryl methyl sites for hydroxylation is 1. The Morgan fingerprint density at radius 3 is 2.62 bits per heavy atom. The highest BCUT2D eigenvalue weighted by Gasteiger charge is 2.18. The number of anilines is 1. The fourth-order valence-corrected chi connectivity index (χ4v) is 3.53. The Morgan fingerprint density at radius 2 is 2.00 bits per heavy atom. The molecule has 0 saturated heterocycles. The van der Waals surface area contributed by atoms with E-state index >= 15 is 0 Å². The van der Waals surface area contributed by atoms with Crippen LogP contribution >= 0.6 is 11.3 Å². The fraction of sp³-hybridized carbons (Fsp3) is 0.412. The molecule has 1 fully saturated rings. The standard InChI is InChI=1S/C17H20N2OS/c1-12-18-16(11-21-12)14-6-8-15(9-7-14)19-17(20)10-13-4-2-3-5-13/h6-9,11,13H,2-5,10H2,1H3,(H,19,20). The number of carbonyl (C=O) groups is 1. The predicted molar refractivity (Wildman–Crippen MR) is 87.5 cm³/mol. The predicted octanol–water partition coefficient (Wildman–Crippen LogP) is 4.64. The molecule has 21 heavy (non-hydrogen) atoms. The smallest absolute Gasteiger partial charge is 0.224 e. The van der Waals surface area contributed by atoms with Gasteiger partial charge in [-0.3, -0.25) is 4.79 Å². The lowest BCUT2D eigenvalue weighted by Gasteiger charge is -2.09. The van der Waals surface area contributed by atoms with Gasteiger partial charge in [0.15, 0.2) is 0 Å². The van der Waals surface area contributed by atoms with Gasteiger partial charge >= 0.3 is 0 Å². The first-order chi connectivity index (χ1) is 10.2. The van der Waals surface area contributed by atoms with Crippen molar-refractivity contribution in [1.29, 1.82) is 0 Å². The summed E-state index contributed by atoms with van der Waals surface area (Å²) >= 11 is 1.65. The third-order valence-electron chi connectivity index (χ3n) is 4.03. The van der Waals surface area contributed by atoms with Crippen molar-refractivity contribution in [3.05, 3.63) is 34.7 Å². The van der Waals surface area contributed by atoms with Crippen LogP contribution in [0.5, 0.6) is 0 Å². The highest BCUT2D eigenvalue weighted by Crippen LogP contribution is 2.28. The van der Waals surface area contributed by atoms with Crippen molar-refractivity contribution in [3.63, 3.8) is 0 Å². The van der Waals surface area contributed by atoms with Crippen molar-refractivity contribution in [2.75, 3.05) is 5.32 Å². The van der Waals surface area contributed by atoms with E-state index in [1.807, 2.05) is 31.2 Å². The largest absolute Gasteiger partial charge is 0.326 e. The summed E-state index contributed by atoms with van der Waals surface area (Å²) in [5.41, 5.74) is 2.96. The van der Waals surface area contributed by atoms with E-state index in [4.69, 9.17) is 0 Å². The number of nitrogens with one attached hydrogen (secondary N) is 1. The van der Waals surface area contributed by atoms with Gasteiger partial charge < -0.3 is 5.32 Å². The second-order valence-electron chi connectivity index (χ2n) is 5.73. The van der Waals surface area contributed by atoms with Crippen LogP contribution in [-0.2, 0) is 4.79 Å². The van der Waals surface area contributed by atoms with Gasteiger partial charge in [0.25, 0.3) is 0 Å². The molecule has 3 nitrogen and oxygen atoms in total. The van der Waals surface area contributed by atoms with E-state index in [1.165, 1.54) is 25.7 Å². The monoisotopic (exact) mass is 300 g/mol. The molecule has 0 spiro atoms. The molecule has 4 heteroatoms. The number of amides is 1. The summed E-state index contributed by atoms with van der Waals surface area (Å²) in [5, 5.41) is 6.12. The van der Waals surface area contributed by atoms with E-state index in [-0.39, 0.29) is 5.91 Å². The van der Waals surface area contributed by atoms with Gasteiger partial charge in [0.1, 0.15) is 0 Å². The van der Waals surface area contributed by atoms with E-state index in [0.29, 0.717) is 12.3 Å². The van der Waals surface area contributed by atoms with Gasteiger partial charge in [0.05, 0.1) is 10.7 Å². The molecule has 1 amide bonds. The maximum atomic E-state index is 12.0. The lowest BCUT2D eigenvalue weighted by atomic mass is 10.0. The van der Waals surface area contributed by atoms with Crippen molar-refractivity contribution >= 4 is 22.9 Å². The SMILES string of the molecule is Cc1nc(-c2ccc(NC(=O)CC3CCCC3)cc2)cs1. The summed E-state index contributed by atoms with van der Waals surface area (Å²) in [7, 11) is 0. The van der Waals surface area contributed by atoms with Crippen LogP contribution in [0.3, 0.4) is 0 Å². The van der Waals surface area contributed by atoms with Crippen LogP contribution in [0, 0.1) is 12.8 Å². The average Bonchev–Trinajstić information content (AvgIpc) is 3.11. The van der Waals surface area contributed by atoms with Crippen LogP contribution in [0.2, 0.25) is 0 Å². The Bertz CT molecular complexity index is 612. The van der Waals surface area contributed by atoms with Gasteiger partial charge in [0.2, 0.25) is 5.91 Å². The zero-order valence-electron chi connectivity index (χ0n) is 12.3. The molecule has 0 radical (unpaired) electrons. The summed E-state index contributed by atoms with van der Waals surface area (Å²) in [4.78, 5) is 16.5.